The molecule has 0 saturated heterocycles. The number of nitriles is 2. The van der Waals surface area contributed by atoms with Crippen LogP contribution in [0, 0.1) is 28.5 Å². The number of thioether (sulfide) groups is 1. The average molecular weight is 627 g/mol. The first-order valence-electron chi connectivity index (χ1n) is 13.7. The lowest BCUT2D eigenvalue weighted by Gasteiger charge is -2.29. The van der Waals surface area contributed by atoms with Crippen LogP contribution in [0.3, 0.4) is 0 Å². The minimum absolute atomic E-state index is 0.0956. The van der Waals surface area contributed by atoms with Crippen molar-refractivity contribution in [3.63, 3.8) is 0 Å². The predicted molar refractivity (Wildman–Crippen MR) is 161 cm³/mol. The van der Waals surface area contributed by atoms with Crippen LogP contribution in [-0.4, -0.2) is 35.9 Å². The Hall–Kier alpha value is -5.53. The molecule has 11 nitrogen and oxygen atoms in total. The molecule has 2 aliphatic heterocycles. The van der Waals surface area contributed by atoms with Crippen LogP contribution in [0.2, 0.25) is 0 Å². The van der Waals surface area contributed by atoms with Crippen LogP contribution >= 0.6 is 11.8 Å². The molecule has 0 radical (unpaired) electrons. The third-order valence-electron chi connectivity index (χ3n) is 7.39. The van der Waals surface area contributed by atoms with E-state index in [9.17, 15) is 24.5 Å². The summed E-state index contributed by atoms with van der Waals surface area (Å²) >= 11 is 1.28. The number of fused-ring (bicyclic) bond motifs is 1. The molecule has 45 heavy (non-hydrogen) atoms. The molecule has 5 rings (SSSR count). The fourth-order valence-corrected chi connectivity index (χ4v) is 6.37. The smallest absolute Gasteiger partial charge is 0.337 e. The Balaban J connectivity index is 1.53. The molecule has 0 saturated carbocycles. The van der Waals surface area contributed by atoms with Crippen molar-refractivity contribution in [3.8, 4) is 18.0 Å². The van der Waals surface area contributed by atoms with E-state index in [0.29, 0.717) is 38.7 Å². The van der Waals surface area contributed by atoms with E-state index in [1.807, 2.05) is 0 Å². The van der Waals surface area contributed by atoms with Crippen LogP contribution in [0.4, 0.5) is 4.39 Å². The number of methoxy groups -OCH3 is 1. The minimum Gasteiger partial charge on any atom is -0.465 e. The highest BCUT2D eigenvalue weighted by atomic mass is 32.2. The largest absolute Gasteiger partial charge is 0.465 e. The van der Waals surface area contributed by atoms with Crippen LogP contribution in [0.15, 0.2) is 81.9 Å². The van der Waals surface area contributed by atoms with E-state index < -0.39 is 29.6 Å². The van der Waals surface area contributed by atoms with Gasteiger partial charge in [0.15, 0.2) is 0 Å². The number of allylic oxidation sites excluding steroid dienone is 3. The number of carbonyl (C=O) groups excluding carboxylic acids is 2. The van der Waals surface area contributed by atoms with Gasteiger partial charge in [0, 0.05) is 11.4 Å². The second-order valence-electron chi connectivity index (χ2n) is 9.97. The Morgan fingerprint density at radius 1 is 1.04 bits per heavy atom. The Morgan fingerprint density at radius 2 is 1.69 bits per heavy atom. The van der Waals surface area contributed by atoms with E-state index in [4.69, 9.17) is 19.9 Å². The third-order valence-corrected chi connectivity index (χ3v) is 8.43. The van der Waals surface area contributed by atoms with Crippen LogP contribution in [-0.2, 0) is 20.0 Å². The predicted octanol–water partition coefficient (Wildman–Crippen LogP) is 4.75. The highest BCUT2D eigenvalue weighted by Gasteiger charge is 2.38. The van der Waals surface area contributed by atoms with E-state index >= 15 is 0 Å². The lowest BCUT2D eigenvalue weighted by Crippen LogP contribution is -2.29. The lowest BCUT2D eigenvalue weighted by atomic mass is 9.82. The molecular weight excluding hydrogens is 599 g/mol. The first kappa shape index (κ1) is 30.9. The van der Waals surface area contributed by atoms with Gasteiger partial charge in [0.1, 0.15) is 17.5 Å². The molecule has 0 amide bonds. The fourth-order valence-electron chi connectivity index (χ4n) is 5.32. The molecule has 4 N–H and O–H groups in total. The Labute approximate surface area is 262 Å². The molecule has 0 bridgehead atoms. The Bertz CT molecular complexity index is 1850. The molecule has 0 fully saturated rings. The van der Waals surface area contributed by atoms with Crippen LogP contribution in [0.1, 0.15) is 58.4 Å². The summed E-state index contributed by atoms with van der Waals surface area (Å²) in [6.45, 7) is 3.56. The van der Waals surface area contributed by atoms with Crippen molar-refractivity contribution >= 4 is 23.7 Å². The topological polar surface area (TPSA) is 176 Å². The summed E-state index contributed by atoms with van der Waals surface area (Å²) in [5.41, 5.74) is 9.93. The number of benzene rings is 2. The van der Waals surface area contributed by atoms with Gasteiger partial charge in [-0.3, -0.25) is 5.10 Å². The summed E-state index contributed by atoms with van der Waals surface area (Å²) < 4.78 is 29.6. The number of hydrogen-bond donors (Lipinski definition) is 3. The SMILES string of the molecule is CCOC(=O)C1=C(C)NC(SCc2[nH]nc3c2C(c2ccc(F)cc2)C(C#N)=C(N)O3)=C(C#N)C1c1ccc(C(=O)OC)cc1. The molecule has 2 aromatic carbocycles. The fraction of sp³-hybridized carbons (Fsp3) is 0.219. The van der Waals surface area contributed by atoms with Crippen molar-refractivity contribution in [1.29, 1.82) is 10.5 Å². The summed E-state index contributed by atoms with van der Waals surface area (Å²) in [6, 6.07) is 16.6. The summed E-state index contributed by atoms with van der Waals surface area (Å²) in [5, 5.41) is 31.3. The monoisotopic (exact) mass is 626 g/mol. The number of dihydropyridines is 1. The molecule has 0 spiro atoms. The summed E-state index contributed by atoms with van der Waals surface area (Å²) in [5.74, 6) is -2.64. The van der Waals surface area contributed by atoms with E-state index in [1.54, 1.807) is 50.2 Å². The first-order chi connectivity index (χ1) is 21.7. The summed E-state index contributed by atoms with van der Waals surface area (Å²) in [7, 11) is 1.28. The van der Waals surface area contributed by atoms with Gasteiger partial charge in [-0.25, -0.2) is 14.0 Å². The van der Waals surface area contributed by atoms with Gasteiger partial charge in [-0.1, -0.05) is 24.3 Å². The zero-order valence-electron chi connectivity index (χ0n) is 24.4. The van der Waals surface area contributed by atoms with Crippen molar-refractivity contribution < 1.29 is 28.2 Å². The molecule has 3 aromatic rings. The van der Waals surface area contributed by atoms with Crippen molar-refractivity contribution in [2.24, 2.45) is 5.73 Å². The van der Waals surface area contributed by atoms with E-state index in [2.05, 4.69) is 27.7 Å². The number of nitrogens with zero attached hydrogens (tertiary/aromatic N) is 3. The first-order valence-corrected chi connectivity index (χ1v) is 14.7. The van der Waals surface area contributed by atoms with E-state index in [1.165, 1.54) is 31.0 Å². The summed E-state index contributed by atoms with van der Waals surface area (Å²) in [6.07, 6.45) is 0. The lowest BCUT2D eigenvalue weighted by molar-refractivity contribution is -0.138. The van der Waals surface area contributed by atoms with Crippen molar-refractivity contribution in [3.05, 3.63) is 116 Å². The standard InChI is InChI=1S/C32H27FN6O5S/c1-4-43-32(41)24-16(2)37-30(22(14-35)26(24)17-5-7-19(8-6-17)31(40)42-3)45-15-23-27-25(18-9-11-20(33)12-10-18)21(13-34)28(36)44-29(27)39-38-23/h5-12,25-26,37H,4,15,36H2,1-3H3,(H,38,39). The number of aromatic nitrogens is 2. The maximum Gasteiger partial charge on any atom is 0.337 e. The molecule has 0 aliphatic carbocycles. The highest BCUT2D eigenvalue weighted by Crippen LogP contribution is 2.46. The number of carbonyl (C=O) groups is 2. The number of halogens is 1. The number of hydrogen-bond acceptors (Lipinski definition) is 11. The van der Waals surface area contributed by atoms with Gasteiger partial charge < -0.3 is 25.3 Å². The molecule has 2 atom stereocenters. The maximum atomic E-state index is 13.8. The van der Waals surface area contributed by atoms with E-state index in [-0.39, 0.29) is 40.8 Å². The zero-order chi connectivity index (χ0) is 32.2. The molecular formula is C32H27FN6O5S. The third kappa shape index (κ3) is 5.86. The number of aromatic amines is 1. The van der Waals surface area contributed by atoms with Gasteiger partial charge in [-0.2, -0.15) is 10.5 Å². The van der Waals surface area contributed by atoms with Gasteiger partial charge in [0.2, 0.25) is 11.8 Å². The molecule has 1 aromatic heterocycles. The van der Waals surface area contributed by atoms with Gasteiger partial charge in [-0.05, 0) is 49.2 Å². The zero-order valence-corrected chi connectivity index (χ0v) is 25.3. The average Bonchev–Trinajstić information content (AvgIpc) is 3.44. The van der Waals surface area contributed by atoms with Gasteiger partial charge >= 0.3 is 11.9 Å². The quantitative estimate of drug-likeness (QED) is 0.294. The normalized spacial score (nSPS) is 17.5. The molecule has 3 heterocycles. The molecule has 2 unspecified atom stereocenters. The highest BCUT2D eigenvalue weighted by molar-refractivity contribution is 8.02. The number of nitrogens with two attached hydrogens (primary N) is 1. The molecule has 228 valence electrons. The Morgan fingerprint density at radius 3 is 2.31 bits per heavy atom. The van der Waals surface area contributed by atoms with Crippen LogP contribution in [0.5, 0.6) is 5.88 Å². The maximum absolute atomic E-state index is 13.8. The van der Waals surface area contributed by atoms with Crippen molar-refractivity contribution in [2.45, 2.75) is 31.4 Å². The van der Waals surface area contributed by atoms with Crippen LogP contribution < -0.4 is 15.8 Å². The number of nitrogens with one attached hydrogen (secondary N) is 2. The molecule has 13 heteroatoms. The second-order valence-corrected chi connectivity index (χ2v) is 11.0. The van der Waals surface area contributed by atoms with Gasteiger partial charge in [0.25, 0.3) is 0 Å². The van der Waals surface area contributed by atoms with Crippen LogP contribution in [0.25, 0.3) is 0 Å². The minimum atomic E-state index is -0.789. The second kappa shape index (κ2) is 13.0. The summed E-state index contributed by atoms with van der Waals surface area (Å²) in [4.78, 5) is 25.2. The van der Waals surface area contributed by atoms with Crippen molar-refractivity contribution in [2.75, 3.05) is 13.7 Å². The Kier molecular flexibility index (Phi) is 8.93. The number of H-pyrrole nitrogens is 1. The number of rotatable bonds is 8. The van der Waals surface area contributed by atoms with Gasteiger partial charge in [0.05, 0.1) is 64.6 Å². The number of ether oxygens (including phenoxy) is 3. The molecule has 2 aliphatic rings. The van der Waals surface area contributed by atoms with Crippen molar-refractivity contribution in [1.82, 2.24) is 15.5 Å². The van der Waals surface area contributed by atoms with Gasteiger partial charge in [-0.15, -0.1) is 16.9 Å². The van der Waals surface area contributed by atoms with E-state index in [0.717, 1.165) is 0 Å². The number of esters is 2.